The number of aromatic nitrogens is 10. The van der Waals surface area contributed by atoms with E-state index < -0.39 is 28.1 Å². The molecule has 150 heavy (non-hydrogen) atoms. The summed E-state index contributed by atoms with van der Waals surface area (Å²) in [6.07, 6.45) is 25.0. The van der Waals surface area contributed by atoms with Crippen LogP contribution in [0, 0.1) is 5.92 Å². The van der Waals surface area contributed by atoms with Crippen LogP contribution < -0.4 is 47.9 Å². The molecule has 5 saturated heterocycles. The molecule has 38 nitrogen and oxygen atoms in total. The standard InChI is InChI=1S/C21H21N7OS.C20H26N4O3S.C19H22N2O4S.C15H18N4OS.C11H20N2O2S.C6H11BrO3.C6H4ClN3.C6H10O2.ClH/c29-21(26-15-6-2-1-3-7-15)27-17-11-23-20(30-17)14-5-4-10-28(12-14)19-16-8-9-22-18(16)24-13-25-19;1-20(2,3)27-19(26)24-11-7-8-14(13-24)17-21-12-16(28-17)23-18(25)22-15-9-5-4-6-10-15;1-2-24-18(22)16-11-20-17(26-16)15-9-6-10-21(12-15)19(23)25-13-14-7-4-3-5-8-14;20-15(18-12-6-2-1-3-7-12)19-13-10-17-14(21-13)11-5-4-8-16-9-11;1-11(2,3)15-10(14)13-6-4-5-8(7-13)9(12)16;1-3-10-6(9)5(7)4(2)8;7-5-4-1-2-8-6(4)10-3-9-5;1-3-5-6(7)8-4-2;/h1-3,6-9,11,13-14H,4-5,10,12H2,(H,22,24,25)(H2,26,27,29);4-6,9-10,12,14H,7-8,11,13H2,1-3H3,(H2,22,23,25);3-5,7-8,11,15H,2,6,9-10,12-13H2,1H3;1-3,6-7,10-11,16H,4-5,8-9H2,(H2,18,19,20);8H,4-7H2,1-3H3,(H2,12,16);4-5,8H,3H2,1-2H3;1-3H,(H,8,9,10);3,5H,4H2,1-2H3;1H/b;;;;;;;5-3+;. The largest absolute Gasteiger partial charge is 0.465 e. The first kappa shape index (κ1) is 121. The van der Waals surface area contributed by atoms with Gasteiger partial charge in [-0.2, -0.15) is 0 Å². The zero-order valence-electron chi connectivity index (χ0n) is 85.7. The van der Waals surface area contributed by atoms with Crippen LogP contribution in [0.3, 0.4) is 0 Å². The predicted octanol–water partition coefficient (Wildman–Crippen LogP) is 22.2. The van der Waals surface area contributed by atoms with Gasteiger partial charge >= 0.3 is 54.3 Å². The minimum absolute atomic E-state index is 0. The first-order valence-corrected chi connectivity index (χ1v) is 54.1. The third-order valence-electron chi connectivity index (χ3n) is 22.4. The number of carbonyl (C=O) groups is 9. The van der Waals surface area contributed by atoms with Crippen molar-refractivity contribution in [3.05, 3.63) is 231 Å². The third-order valence-corrected chi connectivity index (χ3v) is 28.5. The Morgan fingerprint density at radius 2 is 0.940 bits per heavy atom. The van der Waals surface area contributed by atoms with Crippen LogP contribution in [0.2, 0.25) is 5.15 Å². The molecule has 5 aliphatic rings. The van der Waals surface area contributed by atoms with E-state index >= 15 is 0 Å². The van der Waals surface area contributed by atoms with Crippen molar-refractivity contribution in [2.24, 2.45) is 11.7 Å². The molecule has 46 heteroatoms. The SMILES string of the molecule is C/C=C/C(=O)OCC.CC(C)(C)OC(=O)N1CCCC(C(N)=S)C1.CC(C)(C)OC(=O)N1CCCC(c2ncc(NC(=O)Nc3ccccc3)s2)C1.CCOC(=O)C(Br)C(C)O.CCOC(=O)c1cnc(C2CCCN(C(=O)OCc3ccccc3)C2)s1.Cl.Clc1ncnc2[nH]ccc12.O=C(Nc1ccccc1)Nc1cnc(C2CCCN(c3ncnc4[nH]ccc34)C2)s1.O=C(Nc1ccccc1)Nc1cnc(C2CCCNC2)s1. The minimum atomic E-state index is -0.709. The molecule has 0 bridgehead atoms. The zero-order valence-corrected chi connectivity index (χ0v) is 92.9. The van der Waals surface area contributed by atoms with Gasteiger partial charge in [-0.15, -0.1) is 57.8 Å². The summed E-state index contributed by atoms with van der Waals surface area (Å²) in [7, 11) is 0. The summed E-state index contributed by atoms with van der Waals surface area (Å²) >= 11 is 19.6. The second-order valence-electron chi connectivity index (χ2n) is 36.4. The highest BCUT2D eigenvalue weighted by molar-refractivity contribution is 9.10. The molecule has 5 aliphatic heterocycles. The van der Waals surface area contributed by atoms with Crippen molar-refractivity contribution in [1.82, 2.24) is 69.9 Å². The summed E-state index contributed by atoms with van der Waals surface area (Å²) in [5.74, 6) is 1.12. The lowest BCUT2D eigenvalue weighted by Gasteiger charge is -2.33. The topological polar surface area (TPSA) is 487 Å². The van der Waals surface area contributed by atoms with E-state index in [2.05, 4.69) is 117 Å². The molecule has 7 unspecified atom stereocenters. The summed E-state index contributed by atoms with van der Waals surface area (Å²) in [6, 6.07) is 40.7. The highest BCUT2D eigenvalue weighted by atomic mass is 79.9. The van der Waals surface area contributed by atoms with Gasteiger partial charge in [-0.05, 0) is 201 Å². The van der Waals surface area contributed by atoms with Crippen molar-refractivity contribution >= 4 is 217 Å². The van der Waals surface area contributed by atoms with Crippen LogP contribution in [-0.4, -0.2) is 236 Å². The zero-order chi connectivity index (χ0) is 107. The molecule has 0 aliphatic carbocycles. The van der Waals surface area contributed by atoms with Crippen molar-refractivity contribution in [3.63, 3.8) is 0 Å². The number of likely N-dealkylation sites (tertiary alicyclic amines) is 3. The molecule has 0 saturated carbocycles. The van der Waals surface area contributed by atoms with Gasteiger partial charge in [0.05, 0.1) is 86.5 Å². The Morgan fingerprint density at radius 3 is 1.40 bits per heavy atom. The molecule has 8 aromatic heterocycles. The first-order valence-electron chi connectivity index (χ1n) is 49.2. The molecule has 4 aromatic carbocycles. The number of alkyl halides is 1. The fourth-order valence-electron chi connectivity index (χ4n) is 15.4. The van der Waals surface area contributed by atoms with Crippen LogP contribution in [-0.2, 0) is 44.6 Å². The lowest BCUT2D eigenvalue weighted by atomic mass is 9.98. The van der Waals surface area contributed by atoms with Gasteiger partial charge in [0.15, 0.2) is 0 Å². The Bertz CT molecular complexity index is 6230. The van der Waals surface area contributed by atoms with Crippen LogP contribution in [0.15, 0.2) is 195 Å². The average Bonchev–Trinajstić information content (AvgIpc) is 1.59. The highest BCUT2D eigenvalue weighted by Gasteiger charge is 2.34. The number of urea groups is 3. The van der Waals surface area contributed by atoms with Gasteiger partial charge in [0.25, 0.3) is 0 Å². The number of thiazole rings is 4. The Balaban J connectivity index is 0.000000197. The number of benzene rings is 4. The van der Waals surface area contributed by atoms with Gasteiger partial charge in [0, 0.05) is 124 Å². The van der Waals surface area contributed by atoms with Crippen molar-refractivity contribution in [1.29, 1.82) is 0 Å². The molecule has 12 aromatic rings. The first-order chi connectivity index (χ1) is 71.6. The number of nitrogens with one attached hydrogen (secondary N) is 9. The molecule has 0 radical (unpaired) electrons. The number of allylic oxidation sites excluding steroid dienone is 1. The number of aliphatic hydroxyl groups excluding tert-OH is 1. The lowest BCUT2D eigenvalue weighted by Crippen LogP contribution is -2.45. The fourth-order valence-corrected chi connectivity index (χ4v) is 19.7. The van der Waals surface area contributed by atoms with Crippen LogP contribution in [0.5, 0.6) is 0 Å². The van der Waals surface area contributed by atoms with E-state index in [9.17, 15) is 43.2 Å². The fraction of sp³-hybridized carbons (Fsp3) is 0.423. The van der Waals surface area contributed by atoms with E-state index in [0.29, 0.717) is 84.4 Å². The average molecular weight is 2260 g/mol. The number of ether oxygens (including phenoxy) is 6. The quantitative estimate of drug-likeness (QED) is 0.00795. The number of piperidine rings is 5. The summed E-state index contributed by atoms with van der Waals surface area (Å²) < 4.78 is 30.4. The van der Waals surface area contributed by atoms with Crippen LogP contribution in [0.1, 0.15) is 199 Å². The van der Waals surface area contributed by atoms with Gasteiger partial charge in [-0.1, -0.05) is 131 Å². The van der Waals surface area contributed by atoms with E-state index in [-0.39, 0.29) is 85.1 Å². The Kier molecular flexibility index (Phi) is 50.4. The molecule has 9 amide bonds. The summed E-state index contributed by atoms with van der Waals surface area (Å²) in [5.41, 5.74) is 9.51. The number of nitrogens with two attached hydrogens (primary N) is 1. The van der Waals surface area contributed by atoms with E-state index in [1.165, 1.54) is 59.8 Å². The Labute approximate surface area is 914 Å². The third kappa shape index (κ3) is 41.4. The smallest absolute Gasteiger partial charge is 0.410 e. The number of amides is 9. The van der Waals surface area contributed by atoms with Gasteiger partial charge in [-0.25, -0.2) is 78.2 Å². The van der Waals surface area contributed by atoms with E-state index in [1.54, 1.807) is 97.1 Å². The molecular formula is C104H133BrCl2N22O16S5. The number of halogens is 3. The molecular weight excluding hydrogens is 2120 g/mol. The molecule has 5 fully saturated rings. The second kappa shape index (κ2) is 62.7. The van der Waals surface area contributed by atoms with Gasteiger partial charge < -0.3 is 90.1 Å². The maximum Gasteiger partial charge on any atom is 0.410 e. The van der Waals surface area contributed by atoms with Crippen molar-refractivity contribution < 1.29 is 76.7 Å². The normalized spacial score (nSPS) is 16.6. The van der Waals surface area contributed by atoms with Crippen molar-refractivity contribution in [3.8, 4) is 0 Å². The molecule has 13 heterocycles. The molecule has 0 spiro atoms. The summed E-state index contributed by atoms with van der Waals surface area (Å²) in [6.45, 7) is 28.9. The van der Waals surface area contributed by atoms with E-state index in [1.807, 2.05) is 181 Å². The number of nitrogens with zero attached hydrogens (tertiary/aromatic N) is 12. The maximum atomic E-state index is 12.4. The summed E-state index contributed by atoms with van der Waals surface area (Å²) in [5, 5.41) is 37.7. The number of thiocarbonyl (C=S) groups is 1. The van der Waals surface area contributed by atoms with Gasteiger partial charge in [0.2, 0.25) is 0 Å². The van der Waals surface area contributed by atoms with Crippen LogP contribution in [0.4, 0.5) is 66.7 Å². The number of aromatic amines is 2. The second-order valence-corrected chi connectivity index (χ2v) is 42.4. The van der Waals surface area contributed by atoms with Crippen LogP contribution in [0.25, 0.3) is 22.1 Å². The number of hydrogen-bond acceptors (Lipinski definition) is 31. The Hall–Kier alpha value is -12.9. The van der Waals surface area contributed by atoms with Gasteiger partial charge in [0.1, 0.15) is 77.4 Å². The maximum absolute atomic E-state index is 12.4. The van der Waals surface area contributed by atoms with Crippen LogP contribution >= 0.6 is 97.5 Å². The molecule has 12 N–H and O–H groups in total. The Morgan fingerprint density at radius 1 is 0.513 bits per heavy atom. The van der Waals surface area contributed by atoms with Crippen molar-refractivity contribution in [2.45, 2.75) is 193 Å². The number of fused-ring (bicyclic) bond motifs is 2. The number of aliphatic hydroxyl groups is 1. The highest BCUT2D eigenvalue weighted by Crippen LogP contribution is 2.38. The molecule has 806 valence electrons. The molecule has 17 rings (SSSR count). The number of para-hydroxylation sites is 3. The number of H-pyrrole nitrogens is 2. The number of carbonyl (C=O) groups excluding carboxylic acids is 9. The van der Waals surface area contributed by atoms with E-state index in [0.717, 1.165) is 171 Å². The lowest BCUT2D eigenvalue weighted by molar-refractivity contribution is -0.144. The minimum Gasteiger partial charge on any atom is -0.465 e. The molecule has 7 atom stereocenters. The van der Waals surface area contributed by atoms with E-state index in [4.69, 9.17) is 53.6 Å². The number of esters is 3. The monoisotopic (exact) mass is 2250 g/mol. The predicted molar refractivity (Wildman–Crippen MR) is 600 cm³/mol. The number of hydrogen-bond donors (Lipinski definition) is 11. The number of anilines is 7. The van der Waals surface area contributed by atoms with Crippen molar-refractivity contribution in [2.75, 3.05) is 122 Å². The van der Waals surface area contributed by atoms with Gasteiger partial charge in [-0.3, -0.25) is 20.7 Å². The summed E-state index contributed by atoms with van der Waals surface area (Å²) in [4.78, 5) is 154. The number of rotatable bonds is 21.